The van der Waals surface area contributed by atoms with Gasteiger partial charge in [-0.15, -0.1) is 0 Å². The molecule has 0 radical (unpaired) electrons. The molecule has 20 heavy (non-hydrogen) atoms. The fourth-order valence-electron chi connectivity index (χ4n) is 1.95. The van der Waals surface area contributed by atoms with Crippen LogP contribution in [0.1, 0.15) is 51.5 Å². The van der Waals surface area contributed by atoms with Crippen LogP contribution in [-0.4, -0.2) is 24.6 Å². The normalized spacial score (nSPS) is 14.6. The molecular formula is C14H22N2O3S. The van der Waals surface area contributed by atoms with Crippen molar-refractivity contribution in [1.29, 1.82) is 0 Å². The van der Waals surface area contributed by atoms with Crippen LogP contribution >= 0.6 is 0 Å². The minimum Gasteiger partial charge on any atom is -0.274 e. The van der Waals surface area contributed by atoms with E-state index in [0.29, 0.717) is 6.42 Å². The Labute approximate surface area is 120 Å². The van der Waals surface area contributed by atoms with Crippen LogP contribution in [0, 0.1) is 0 Å². The van der Waals surface area contributed by atoms with Gasteiger partial charge in [0.25, 0.3) is 0 Å². The lowest BCUT2D eigenvalue weighted by Gasteiger charge is -2.15. The van der Waals surface area contributed by atoms with Gasteiger partial charge in [-0.05, 0) is 37.0 Å². The lowest BCUT2D eigenvalue weighted by atomic mass is 9.99. The maximum Gasteiger partial charge on any atom is 0.237 e. The van der Waals surface area contributed by atoms with Crippen molar-refractivity contribution in [3.63, 3.8) is 0 Å². The first-order valence-corrected chi connectivity index (χ1v) is 8.35. The van der Waals surface area contributed by atoms with Gasteiger partial charge < -0.3 is 0 Å². The van der Waals surface area contributed by atoms with Gasteiger partial charge in [0.05, 0.1) is 5.25 Å². The molecule has 1 heterocycles. The van der Waals surface area contributed by atoms with Gasteiger partial charge >= 0.3 is 0 Å². The minimum atomic E-state index is -3.56. The number of nitrogens with one attached hydrogen (secondary N) is 1. The van der Waals surface area contributed by atoms with Crippen LogP contribution in [0.5, 0.6) is 0 Å². The number of hydrogen-bond donors (Lipinski definition) is 1. The molecule has 6 heteroatoms. The molecule has 0 aliphatic carbocycles. The summed E-state index contributed by atoms with van der Waals surface area (Å²) in [6.07, 6.45) is 4.77. The molecular weight excluding hydrogens is 276 g/mol. The number of carbonyl (C=O) groups excluding carboxylic acids is 1. The van der Waals surface area contributed by atoms with E-state index < -0.39 is 21.2 Å². The molecule has 0 fully saturated rings. The summed E-state index contributed by atoms with van der Waals surface area (Å²) in [6.45, 7) is 5.42. The van der Waals surface area contributed by atoms with Crippen molar-refractivity contribution in [3.05, 3.63) is 30.1 Å². The van der Waals surface area contributed by atoms with Crippen LogP contribution in [0.3, 0.4) is 0 Å². The number of hydrogen-bond acceptors (Lipinski definition) is 4. The monoisotopic (exact) mass is 298 g/mol. The number of pyridine rings is 1. The van der Waals surface area contributed by atoms with Crippen LogP contribution in [-0.2, 0) is 14.8 Å². The lowest BCUT2D eigenvalue weighted by molar-refractivity contribution is -0.119. The zero-order valence-electron chi connectivity index (χ0n) is 12.2. The second kappa shape index (κ2) is 7.38. The average Bonchev–Trinajstić information content (AvgIpc) is 2.39. The summed E-state index contributed by atoms with van der Waals surface area (Å²) in [5.74, 6) is -0.507. The van der Waals surface area contributed by atoms with Gasteiger partial charge in [0.15, 0.2) is 0 Å². The summed E-state index contributed by atoms with van der Waals surface area (Å²) in [4.78, 5) is 15.8. The standard InChI is InChI=1S/C14H22N2O3S/c1-4-5-12(3)20(18,19)16-14(17)10-11(2)13-6-8-15-9-7-13/h6-9,11-12H,4-5,10H2,1-3H3,(H,16,17)/t11-,12-/m1/s1. The van der Waals surface area contributed by atoms with Gasteiger partial charge in [-0.25, -0.2) is 8.42 Å². The fourth-order valence-corrected chi connectivity index (χ4v) is 3.10. The molecule has 1 aromatic rings. The molecule has 1 amide bonds. The molecule has 5 nitrogen and oxygen atoms in total. The van der Waals surface area contributed by atoms with Crippen molar-refractivity contribution in [2.45, 2.75) is 51.2 Å². The smallest absolute Gasteiger partial charge is 0.237 e. The van der Waals surface area contributed by atoms with Crippen LogP contribution in [0.25, 0.3) is 0 Å². The van der Waals surface area contributed by atoms with Crippen LogP contribution < -0.4 is 4.72 Å². The van der Waals surface area contributed by atoms with Gasteiger partial charge in [0.2, 0.25) is 15.9 Å². The van der Waals surface area contributed by atoms with Gasteiger partial charge in [-0.2, -0.15) is 0 Å². The molecule has 0 saturated heterocycles. The van der Waals surface area contributed by atoms with E-state index in [-0.39, 0.29) is 12.3 Å². The summed E-state index contributed by atoms with van der Waals surface area (Å²) in [6, 6.07) is 3.65. The van der Waals surface area contributed by atoms with E-state index in [4.69, 9.17) is 0 Å². The first kappa shape index (κ1) is 16.6. The summed E-state index contributed by atoms with van der Waals surface area (Å²) < 4.78 is 26.0. The Hall–Kier alpha value is -1.43. The first-order valence-electron chi connectivity index (χ1n) is 6.81. The van der Waals surface area contributed by atoms with E-state index in [2.05, 4.69) is 9.71 Å². The Morgan fingerprint density at radius 2 is 1.90 bits per heavy atom. The topological polar surface area (TPSA) is 76.1 Å². The Kier molecular flexibility index (Phi) is 6.13. The van der Waals surface area contributed by atoms with E-state index in [9.17, 15) is 13.2 Å². The number of nitrogens with zero attached hydrogens (tertiary/aromatic N) is 1. The molecule has 2 atom stereocenters. The number of carbonyl (C=O) groups is 1. The highest BCUT2D eigenvalue weighted by atomic mass is 32.2. The summed E-state index contributed by atoms with van der Waals surface area (Å²) in [7, 11) is -3.56. The molecule has 0 aliphatic rings. The number of aromatic nitrogens is 1. The molecule has 0 aliphatic heterocycles. The zero-order chi connectivity index (χ0) is 15.2. The summed E-state index contributed by atoms with van der Waals surface area (Å²) >= 11 is 0. The minimum absolute atomic E-state index is 0.0466. The highest BCUT2D eigenvalue weighted by Crippen LogP contribution is 2.18. The molecule has 112 valence electrons. The highest BCUT2D eigenvalue weighted by Gasteiger charge is 2.23. The van der Waals surface area contributed by atoms with Crippen molar-refractivity contribution in [1.82, 2.24) is 9.71 Å². The van der Waals surface area contributed by atoms with E-state index in [1.165, 1.54) is 0 Å². The Balaban J connectivity index is 2.60. The molecule has 1 aromatic heterocycles. The summed E-state index contributed by atoms with van der Waals surface area (Å²) in [5, 5.41) is -0.548. The van der Waals surface area contributed by atoms with Crippen LogP contribution in [0.2, 0.25) is 0 Å². The molecule has 0 spiro atoms. The third-order valence-corrected chi connectivity index (χ3v) is 5.06. The zero-order valence-corrected chi connectivity index (χ0v) is 13.0. The van der Waals surface area contributed by atoms with E-state index >= 15 is 0 Å². The molecule has 1 rings (SSSR count). The average molecular weight is 298 g/mol. The molecule has 1 N–H and O–H groups in total. The largest absolute Gasteiger partial charge is 0.274 e. The quantitative estimate of drug-likeness (QED) is 0.837. The van der Waals surface area contributed by atoms with Gasteiger partial charge in [-0.1, -0.05) is 20.3 Å². The third-order valence-electron chi connectivity index (χ3n) is 3.25. The Bertz CT molecular complexity index is 529. The highest BCUT2D eigenvalue weighted by molar-refractivity contribution is 7.90. The Morgan fingerprint density at radius 1 is 1.30 bits per heavy atom. The number of rotatable bonds is 7. The van der Waals surface area contributed by atoms with E-state index in [0.717, 1.165) is 12.0 Å². The Morgan fingerprint density at radius 3 is 2.45 bits per heavy atom. The van der Waals surface area contributed by atoms with Gasteiger partial charge in [-0.3, -0.25) is 14.5 Å². The maximum absolute atomic E-state index is 11.9. The third kappa shape index (κ3) is 4.92. The van der Waals surface area contributed by atoms with Crippen molar-refractivity contribution >= 4 is 15.9 Å². The van der Waals surface area contributed by atoms with Gasteiger partial charge in [0, 0.05) is 18.8 Å². The number of amides is 1. The molecule has 0 bridgehead atoms. The van der Waals surface area contributed by atoms with E-state index in [1.54, 1.807) is 19.3 Å². The summed E-state index contributed by atoms with van der Waals surface area (Å²) in [5.41, 5.74) is 0.967. The molecule has 0 unspecified atom stereocenters. The van der Waals surface area contributed by atoms with E-state index in [1.807, 2.05) is 26.0 Å². The predicted molar refractivity (Wildman–Crippen MR) is 78.7 cm³/mol. The molecule has 0 saturated carbocycles. The second-order valence-electron chi connectivity index (χ2n) is 5.06. The van der Waals surface area contributed by atoms with Gasteiger partial charge in [0.1, 0.15) is 0 Å². The molecule has 0 aromatic carbocycles. The maximum atomic E-state index is 11.9. The van der Waals surface area contributed by atoms with Crippen molar-refractivity contribution in [2.75, 3.05) is 0 Å². The van der Waals surface area contributed by atoms with Crippen molar-refractivity contribution in [2.24, 2.45) is 0 Å². The lowest BCUT2D eigenvalue weighted by Crippen LogP contribution is -2.37. The first-order chi connectivity index (χ1) is 9.36. The van der Waals surface area contributed by atoms with Crippen LogP contribution in [0.4, 0.5) is 0 Å². The second-order valence-corrected chi connectivity index (χ2v) is 7.15. The SMILES string of the molecule is CCC[C@@H](C)S(=O)(=O)NC(=O)C[C@@H](C)c1ccncc1. The predicted octanol–water partition coefficient (Wildman–Crippen LogP) is 2.21. The number of sulfonamides is 1. The van der Waals surface area contributed by atoms with Crippen molar-refractivity contribution < 1.29 is 13.2 Å². The van der Waals surface area contributed by atoms with Crippen molar-refractivity contribution in [3.8, 4) is 0 Å². The van der Waals surface area contributed by atoms with Crippen LogP contribution in [0.15, 0.2) is 24.5 Å². The fraction of sp³-hybridized carbons (Fsp3) is 0.571.